The van der Waals surface area contributed by atoms with E-state index in [0.717, 1.165) is 10.8 Å². The SMILES string of the molecule is CC(C)Oc1ccc2ccccc2c1C(=O)c1ccc(N)cc1. The predicted octanol–water partition coefficient (Wildman–Crippen LogP) is 4.44. The maximum absolute atomic E-state index is 13.1. The van der Waals surface area contributed by atoms with E-state index in [1.165, 1.54) is 0 Å². The number of ether oxygens (including phenoxy) is 1. The van der Waals surface area contributed by atoms with Gasteiger partial charge >= 0.3 is 0 Å². The Labute approximate surface area is 135 Å². The van der Waals surface area contributed by atoms with E-state index < -0.39 is 0 Å². The number of benzene rings is 3. The van der Waals surface area contributed by atoms with Gasteiger partial charge in [0.1, 0.15) is 5.75 Å². The molecular weight excluding hydrogens is 286 g/mol. The van der Waals surface area contributed by atoms with Crippen molar-refractivity contribution in [1.29, 1.82) is 0 Å². The van der Waals surface area contributed by atoms with Crippen molar-refractivity contribution >= 4 is 22.2 Å². The molecule has 116 valence electrons. The molecule has 0 radical (unpaired) electrons. The fourth-order valence-electron chi connectivity index (χ4n) is 2.62. The molecule has 2 N–H and O–H groups in total. The highest BCUT2D eigenvalue weighted by Crippen LogP contribution is 2.31. The van der Waals surface area contributed by atoms with Crippen LogP contribution in [-0.4, -0.2) is 11.9 Å². The number of anilines is 1. The van der Waals surface area contributed by atoms with E-state index in [-0.39, 0.29) is 11.9 Å². The first-order valence-corrected chi connectivity index (χ1v) is 7.65. The van der Waals surface area contributed by atoms with Crippen LogP contribution < -0.4 is 10.5 Å². The Morgan fingerprint density at radius 3 is 2.35 bits per heavy atom. The number of nitrogen functional groups attached to an aromatic ring is 1. The van der Waals surface area contributed by atoms with Crippen LogP contribution in [0.15, 0.2) is 60.7 Å². The molecule has 3 aromatic rings. The lowest BCUT2D eigenvalue weighted by molar-refractivity contribution is 0.103. The summed E-state index contributed by atoms with van der Waals surface area (Å²) in [6, 6.07) is 18.7. The maximum atomic E-state index is 13.1. The minimum atomic E-state index is -0.0579. The third-order valence-corrected chi connectivity index (χ3v) is 3.65. The molecule has 0 bridgehead atoms. The van der Waals surface area contributed by atoms with E-state index >= 15 is 0 Å². The van der Waals surface area contributed by atoms with Crippen molar-refractivity contribution in [1.82, 2.24) is 0 Å². The zero-order valence-electron chi connectivity index (χ0n) is 13.2. The summed E-state index contributed by atoms with van der Waals surface area (Å²) in [5.74, 6) is 0.554. The summed E-state index contributed by atoms with van der Waals surface area (Å²) in [7, 11) is 0. The number of nitrogens with two attached hydrogens (primary N) is 1. The standard InChI is InChI=1S/C20H19NO2/c1-13(2)23-18-12-9-14-5-3-4-6-17(14)19(18)20(22)15-7-10-16(21)11-8-15/h3-13H,21H2,1-2H3. The van der Waals surface area contributed by atoms with Crippen molar-refractivity contribution in [3.05, 3.63) is 71.8 Å². The van der Waals surface area contributed by atoms with Gasteiger partial charge in [0, 0.05) is 11.3 Å². The third kappa shape index (κ3) is 3.04. The van der Waals surface area contributed by atoms with Gasteiger partial charge in [0.15, 0.2) is 5.78 Å². The number of carbonyl (C=O) groups excluding carboxylic acids is 1. The van der Waals surface area contributed by atoms with Gasteiger partial charge in [0.25, 0.3) is 0 Å². The second-order valence-electron chi connectivity index (χ2n) is 5.78. The minimum Gasteiger partial charge on any atom is -0.490 e. The summed E-state index contributed by atoms with van der Waals surface area (Å²) in [6.45, 7) is 3.90. The lowest BCUT2D eigenvalue weighted by Gasteiger charge is -2.16. The number of ketones is 1. The molecule has 0 fully saturated rings. The molecule has 3 aromatic carbocycles. The molecular formula is C20H19NO2. The van der Waals surface area contributed by atoms with Crippen LogP contribution in [0.25, 0.3) is 10.8 Å². The molecule has 3 rings (SSSR count). The van der Waals surface area contributed by atoms with Crippen molar-refractivity contribution in [2.45, 2.75) is 20.0 Å². The molecule has 0 amide bonds. The fourth-order valence-corrected chi connectivity index (χ4v) is 2.62. The van der Waals surface area contributed by atoms with Crippen LogP contribution in [0.5, 0.6) is 5.75 Å². The van der Waals surface area contributed by atoms with Gasteiger partial charge in [-0.05, 0) is 55.0 Å². The highest BCUT2D eigenvalue weighted by molar-refractivity contribution is 6.18. The Morgan fingerprint density at radius 2 is 1.65 bits per heavy atom. The van der Waals surface area contributed by atoms with Gasteiger partial charge in [-0.25, -0.2) is 0 Å². The van der Waals surface area contributed by atoms with Crippen LogP contribution in [0.2, 0.25) is 0 Å². The average molecular weight is 305 g/mol. The molecule has 23 heavy (non-hydrogen) atoms. The van der Waals surface area contributed by atoms with Crippen LogP contribution in [-0.2, 0) is 0 Å². The summed E-state index contributed by atoms with van der Waals surface area (Å²) in [4.78, 5) is 13.1. The summed E-state index contributed by atoms with van der Waals surface area (Å²) >= 11 is 0. The lowest BCUT2D eigenvalue weighted by atomic mass is 9.96. The van der Waals surface area contributed by atoms with E-state index in [9.17, 15) is 4.79 Å². The summed E-state index contributed by atoms with van der Waals surface area (Å²) < 4.78 is 5.87. The molecule has 0 heterocycles. The molecule has 3 nitrogen and oxygen atoms in total. The molecule has 3 heteroatoms. The van der Waals surface area contributed by atoms with Crippen LogP contribution in [0.1, 0.15) is 29.8 Å². The quantitative estimate of drug-likeness (QED) is 0.572. The average Bonchev–Trinajstić information content (AvgIpc) is 2.54. The van der Waals surface area contributed by atoms with Crippen LogP contribution in [0, 0.1) is 0 Å². The number of hydrogen-bond acceptors (Lipinski definition) is 3. The van der Waals surface area contributed by atoms with Crippen LogP contribution >= 0.6 is 0 Å². The van der Waals surface area contributed by atoms with Gasteiger partial charge < -0.3 is 10.5 Å². The van der Waals surface area contributed by atoms with Crippen molar-refractivity contribution in [2.24, 2.45) is 0 Å². The first kappa shape index (κ1) is 15.1. The lowest BCUT2D eigenvalue weighted by Crippen LogP contribution is -2.11. The third-order valence-electron chi connectivity index (χ3n) is 3.65. The largest absolute Gasteiger partial charge is 0.490 e. The van der Waals surface area contributed by atoms with Gasteiger partial charge in [0.2, 0.25) is 0 Å². The zero-order valence-corrected chi connectivity index (χ0v) is 13.2. The van der Waals surface area contributed by atoms with Crippen molar-refractivity contribution in [2.75, 3.05) is 5.73 Å². The molecule has 0 saturated heterocycles. The summed E-state index contributed by atoms with van der Waals surface area (Å²) in [6.07, 6.45) is -0.00544. The highest BCUT2D eigenvalue weighted by atomic mass is 16.5. The first-order chi connectivity index (χ1) is 11.1. The van der Waals surface area contributed by atoms with Crippen LogP contribution in [0.4, 0.5) is 5.69 Å². The Morgan fingerprint density at radius 1 is 0.957 bits per heavy atom. The Bertz CT molecular complexity index is 851. The minimum absolute atomic E-state index is 0.00544. The normalized spacial score (nSPS) is 10.9. The smallest absolute Gasteiger partial charge is 0.197 e. The van der Waals surface area contributed by atoms with E-state index in [1.807, 2.05) is 50.2 Å². The molecule has 0 aliphatic heterocycles. The highest BCUT2D eigenvalue weighted by Gasteiger charge is 2.19. The van der Waals surface area contributed by atoms with E-state index in [2.05, 4.69) is 0 Å². The van der Waals surface area contributed by atoms with Crippen molar-refractivity contribution < 1.29 is 9.53 Å². The Hall–Kier alpha value is -2.81. The molecule has 0 saturated carbocycles. The zero-order chi connectivity index (χ0) is 16.4. The van der Waals surface area contributed by atoms with Gasteiger partial charge in [-0.1, -0.05) is 30.3 Å². The topological polar surface area (TPSA) is 52.3 Å². The van der Waals surface area contributed by atoms with Crippen LogP contribution in [0.3, 0.4) is 0 Å². The Balaban J connectivity index is 2.20. The van der Waals surface area contributed by atoms with Crippen molar-refractivity contribution in [3.8, 4) is 5.75 Å². The number of hydrogen-bond donors (Lipinski definition) is 1. The second-order valence-corrected chi connectivity index (χ2v) is 5.78. The molecule has 0 aromatic heterocycles. The van der Waals surface area contributed by atoms with E-state index in [4.69, 9.17) is 10.5 Å². The summed E-state index contributed by atoms with van der Waals surface area (Å²) in [5.41, 5.74) is 7.55. The van der Waals surface area contributed by atoms with E-state index in [1.54, 1.807) is 24.3 Å². The molecule has 0 unspecified atom stereocenters. The fraction of sp³-hybridized carbons (Fsp3) is 0.150. The first-order valence-electron chi connectivity index (χ1n) is 7.65. The van der Waals surface area contributed by atoms with Gasteiger partial charge in [-0.2, -0.15) is 0 Å². The predicted molar refractivity (Wildman–Crippen MR) is 94.0 cm³/mol. The summed E-state index contributed by atoms with van der Waals surface area (Å²) in [5, 5.41) is 1.91. The number of rotatable bonds is 4. The van der Waals surface area contributed by atoms with Gasteiger partial charge in [0.05, 0.1) is 11.7 Å². The van der Waals surface area contributed by atoms with Crippen molar-refractivity contribution in [3.63, 3.8) is 0 Å². The Kier molecular flexibility index (Phi) is 4.02. The molecule has 0 aliphatic carbocycles. The number of carbonyl (C=O) groups is 1. The number of fused-ring (bicyclic) bond motifs is 1. The monoisotopic (exact) mass is 305 g/mol. The molecule has 0 atom stereocenters. The van der Waals surface area contributed by atoms with Gasteiger partial charge in [-0.15, -0.1) is 0 Å². The maximum Gasteiger partial charge on any atom is 0.197 e. The van der Waals surface area contributed by atoms with E-state index in [0.29, 0.717) is 22.6 Å². The molecule has 0 spiro atoms. The molecule has 0 aliphatic rings. The van der Waals surface area contributed by atoms with Gasteiger partial charge in [-0.3, -0.25) is 4.79 Å². The second kappa shape index (κ2) is 6.13.